The first kappa shape index (κ1) is 21.4. The van der Waals surface area contributed by atoms with Gasteiger partial charge in [-0.3, -0.25) is 4.79 Å². The van der Waals surface area contributed by atoms with Crippen molar-refractivity contribution in [3.8, 4) is 0 Å². The van der Waals surface area contributed by atoms with Crippen molar-refractivity contribution >= 4 is 38.4 Å². The van der Waals surface area contributed by atoms with Crippen molar-refractivity contribution in [2.75, 3.05) is 18.5 Å². The lowest BCUT2D eigenvalue weighted by molar-refractivity contribution is -0.120. The van der Waals surface area contributed by atoms with Gasteiger partial charge in [-0.2, -0.15) is 4.31 Å². The normalized spacial score (nSPS) is 17.7. The Morgan fingerprint density at radius 2 is 2.00 bits per heavy atom. The lowest BCUT2D eigenvalue weighted by atomic mass is 10.0. The van der Waals surface area contributed by atoms with Crippen LogP contribution >= 0.6 is 11.3 Å². The zero-order valence-corrected chi connectivity index (χ0v) is 17.9. The van der Waals surface area contributed by atoms with Crippen LogP contribution in [-0.4, -0.2) is 48.8 Å². The van der Waals surface area contributed by atoms with E-state index in [4.69, 9.17) is 4.74 Å². The second kappa shape index (κ2) is 9.02. The molecule has 156 valence electrons. The van der Waals surface area contributed by atoms with E-state index in [-0.39, 0.29) is 23.2 Å². The molecule has 1 atom stereocenters. The molecular weight excluding hydrogens is 414 g/mol. The second-order valence-corrected chi connectivity index (χ2v) is 9.47. The zero-order valence-electron chi connectivity index (χ0n) is 16.3. The molecule has 10 heteroatoms. The highest BCUT2D eigenvalue weighted by molar-refractivity contribution is 7.89. The van der Waals surface area contributed by atoms with Gasteiger partial charge in [0.2, 0.25) is 15.9 Å². The van der Waals surface area contributed by atoms with Crippen LogP contribution in [0.25, 0.3) is 0 Å². The lowest BCUT2D eigenvalue weighted by Gasteiger charge is -2.33. The molecule has 1 N–H and O–H groups in total. The highest BCUT2D eigenvalue weighted by Crippen LogP contribution is 2.28. The van der Waals surface area contributed by atoms with Crippen molar-refractivity contribution < 1.29 is 22.7 Å². The van der Waals surface area contributed by atoms with Crippen LogP contribution in [0.1, 0.15) is 41.6 Å². The molecule has 1 aliphatic rings. The highest BCUT2D eigenvalue weighted by Gasteiger charge is 2.38. The molecule has 1 aromatic carbocycles. The topological polar surface area (TPSA) is 106 Å². The van der Waals surface area contributed by atoms with E-state index in [1.807, 2.05) is 0 Å². The Morgan fingerprint density at radius 3 is 2.69 bits per heavy atom. The van der Waals surface area contributed by atoms with Gasteiger partial charge in [0.25, 0.3) is 0 Å². The number of piperidine rings is 1. The summed E-state index contributed by atoms with van der Waals surface area (Å²) in [5.41, 5.74) is 0.459. The first-order valence-electron chi connectivity index (χ1n) is 9.37. The number of ether oxygens (including phenoxy) is 1. The third-order valence-corrected chi connectivity index (χ3v) is 7.57. The lowest BCUT2D eigenvalue weighted by Crippen LogP contribution is -2.49. The van der Waals surface area contributed by atoms with Crippen LogP contribution in [-0.2, 0) is 19.6 Å². The van der Waals surface area contributed by atoms with Gasteiger partial charge in [0.1, 0.15) is 10.9 Å². The molecule has 0 bridgehead atoms. The number of carbonyl (C=O) groups is 2. The minimum absolute atomic E-state index is 0.161. The molecule has 1 aliphatic heterocycles. The summed E-state index contributed by atoms with van der Waals surface area (Å²) in [5, 5.41) is 2.93. The van der Waals surface area contributed by atoms with Crippen LogP contribution in [0.2, 0.25) is 0 Å². The summed E-state index contributed by atoms with van der Waals surface area (Å²) in [4.78, 5) is 29.6. The molecule has 1 aromatic heterocycles. The molecular formula is C19H23N3O5S2. The number of nitrogens with zero attached hydrogens (tertiary/aromatic N) is 2. The number of benzene rings is 1. The maximum absolute atomic E-state index is 13.0. The smallest absolute Gasteiger partial charge is 0.350 e. The molecule has 0 radical (unpaired) electrons. The summed E-state index contributed by atoms with van der Waals surface area (Å²) in [6.07, 6.45) is 1.87. The summed E-state index contributed by atoms with van der Waals surface area (Å²) in [6.45, 7) is 3.89. The van der Waals surface area contributed by atoms with E-state index in [9.17, 15) is 18.0 Å². The molecule has 0 spiro atoms. The summed E-state index contributed by atoms with van der Waals surface area (Å²) >= 11 is 1.02. The van der Waals surface area contributed by atoms with Crippen LogP contribution in [0.4, 0.5) is 5.13 Å². The number of aromatic nitrogens is 1. The molecule has 0 saturated carbocycles. The Kier molecular flexibility index (Phi) is 6.66. The van der Waals surface area contributed by atoms with E-state index in [1.165, 1.54) is 16.4 Å². The number of aryl methyl sites for hydroxylation is 1. The van der Waals surface area contributed by atoms with Crippen molar-refractivity contribution in [2.45, 2.75) is 44.0 Å². The van der Waals surface area contributed by atoms with Gasteiger partial charge in [0, 0.05) is 6.54 Å². The SMILES string of the molecule is CCOC(=O)c1sc(NC(=O)[C@@H]2CCCCN2S(=O)(=O)c2ccccc2)nc1C. The summed E-state index contributed by atoms with van der Waals surface area (Å²) in [7, 11) is -3.79. The van der Waals surface area contributed by atoms with Crippen LogP contribution in [0.5, 0.6) is 0 Å². The van der Waals surface area contributed by atoms with Crippen molar-refractivity contribution in [1.29, 1.82) is 0 Å². The van der Waals surface area contributed by atoms with Crippen LogP contribution in [0.3, 0.4) is 0 Å². The predicted octanol–water partition coefficient (Wildman–Crippen LogP) is 2.81. The van der Waals surface area contributed by atoms with Crippen molar-refractivity contribution in [2.24, 2.45) is 0 Å². The molecule has 2 aromatic rings. The quantitative estimate of drug-likeness (QED) is 0.697. The summed E-state index contributed by atoms with van der Waals surface area (Å²) < 4.78 is 32.3. The number of amides is 1. The Hall–Kier alpha value is -2.30. The van der Waals surface area contributed by atoms with E-state index < -0.39 is 27.9 Å². The molecule has 29 heavy (non-hydrogen) atoms. The number of nitrogens with one attached hydrogen (secondary N) is 1. The Balaban J connectivity index is 1.80. The Morgan fingerprint density at radius 1 is 1.28 bits per heavy atom. The number of esters is 1. The van der Waals surface area contributed by atoms with Gasteiger partial charge >= 0.3 is 5.97 Å². The van der Waals surface area contributed by atoms with Crippen molar-refractivity contribution in [3.63, 3.8) is 0 Å². The Labute approximate surface area is 173 Å². The molecule has 1 amide bonds. The van der Waals surface area contributed by atoms with Crippen LogP contribution < -0.4 is 5.32 Å². The van der Waals surface area contributed by atoms with Crippen LogP contribution in [0, 0.1) is 6.92 Å². The van der Waals surface area contributed by atoms with Gasteiger partial charge in [-0.15, -0.1) is 0 Å². The number of hydrogen-bond acceptors (Lipinski definition) is 7. The van der Waals surface area contributed by atoms with Gasteiger partial charge in [0.15, 0.2) is 5.13 Å². The molecule has 3 rings (SSSR count). The molecule has 1 saturated heterocycles. The van der Waals surface area contributed by atoms with Crippen molar-refractivity contribution in [3.05, 3.63) is 40.9 Å². The fourth-order valence-corrected chi connectivity index (χ4v) is 5.75. The number of carbonyl (C=O) groups excluding carboxylic acids is 2. The number of sulfonamides is 1. The molecule has 1 fully saturated rings. The standard InChI is InChI=1S/C19H23N3O5S2/c1-3-27-18(24)16-13(2)20-19(28-16)21-17(23)15-11-7-8-12-22(15)29(25,26)14-9-5-4-6-10-14/h4-6,9-10,15H,3,7-8,11-12H2,1-2H3,(H,20,21,23)/t15-/m0/s1. The fraction of sp³-hybridized carbons (Fsp3) is 0.421. The minimum Gasteiger partial charge on any atom is -0.462 e. The first-order valence-corrected chi connectivity index (χ1v) is 11.6. The van der Waals surface area contributed by atoms with E-state index in [2.05, 4.69) is 10.3 Å². The van der Waals surface area contributed by atoms with E-state index in [0.717, 1.165) is 17.8 Å². The van der Waals surface area contributed by atoms with Gasteiger partial charge in [-0.1, -0.05) is 36.0 Å². The van der Waals surface area contributed by atoms with Gasteiger partial charge in [0.05, 0.1) is 17.2 Å². The number of hydrogen-bond donors (Lipinski definition) is 1. The van der Waals surface area contributed by atoms with Crippen LogP contribution in [0.15, 0.2) is 35.2 Å². The average Bonchev–Trinajstić information content (AvgIpc) is 3.09. The molecule has 2 heterocycles. The van der Waals surface area contributed by atoms with Crippen molar-refractivity contribution in [1.82, 2.24) is 9.29 Å². The third-order valence-electron chi connectivity index (χ3n) is 4.59. The minimum atomic E-state index is -3.79. The summed E-state index contributed by atoms with van der Waals surface area (Å²) in [6, 6.07) is 7.26. The number of rotatable bonds is 6. The number of anilines is 1. The summed E-state index contributed by atoms with van der Waals surface area (Å²) in [5.74, 6) is -0.942. The number of thiazole rings is 1. The fourth-order valence-electron chi connectivity index (χ4n) is 3.21. The second-order valence-electron chi connectivity index (χ2n) is 6.58. The molecule has 0 unspecified atom stereocenters. The average molecular weight is 438 g/mol. The third kappa shape index (κ3) is 4.65. The largest absolute Gasteiger partial charge is 0.462 e. The van der Waals surface area contributed by atoms with Gasteiger partial charge in [-0.05, 0) is 38.8 Å². The highest BCUT2D eigenvalue weighted by atomic mass is 32.2. The Bertz CT molecular complexity index is 989. The van der Waals surface area contributed by atoms with Gasteiger partial charge < -0.3 is 10.1 Å². The van der Waals surface area contributed by atoms with E-state index >= 15 is 0 Å². The molecule has 0 aliphatic carbocycles. The van der Waals surface area contributed by atoms with E-state index in [0.29, 0.717) is 23.4 Å². The zero-order chi connectivity index (χ0) is 21.0. The predicted molar refractivity (Wildman–Crippen MR) is 109 cm³/mol. The maximum Gasteiger partial charge on any atom is 0.350 e. The van der Waals surface area contributed by atoms with Gasteiger partial charge in [-0.25, -0.2) is 18.2 Å². The monoisotopic (exact) mass is 437 g/mol. The maximum atomic E-state index is 13.0. The molecule has 8 nitrogen and oxygen atoms in total. The first-order chi connectivity index (χ1) is 13.8. The van der Waals surface area contributed by atoms with E-state index in [1.54, 1.807) is 32.0 Å².